The molecule has 0 aliphatic heterocycles. The molecule has 7 nitrogen and oxygen atoms in total. The lowest BCUT2D eigenvalue weighted by Gasteiger charge is -2.09. The number of nitrogens with zero attached hydrogens (tertiary/aromatic N) is 2. The van der Waals surface area contributed by atoms with Crippen LogP contribution in [0.4, 0.5) is 15.6 Å². The number of aromatic nitrogens is 2. The van der Waals surface area contributed by atoms with E-state index in [1.807, 2.05) is 19.1 Å². The molecule has 0 fully saturated rings. The first-order chi connectivity index (χ1) is 11.9. The van der Waals surface area contributed by atoms with Gasteiger partial charge in [0.25, 0.3) is 0 Å². The van der Waals surface area contributed by atoms with Gasteiger partial charge in [0, 0.05) is 12.2 Å². The highest BCUT2D eigenvalue weighted by Gasteiger charge is 2.19. The lowest BCUT2D eigenvalue weighted by atomic mass is 10.1. The molecular formula is C16H21N5O2S2. The van der Waals surface area contributed by atoms with E-state index in [1.165, 1.54) is 28.7 Å². The molecule has 0 radical (unpaired) electrons. The van der Waals surface area contributed by atoms with Crippen LogP contribution in [0.5, 0.6) is 0 Å². The fraction of sp³-hybridized carbons (Fsp3) is 0.375. The van der Waals surface area contributed by atoms with Crippen molar-refractivity contribution >= 4 is 45.9 Å². The van der Waals surface area contributed by atoms with Gasteiger partial charge in [-0.3, -0.25) is 10.1 Å². The molecule has 0 bridgehead atoms. The summed E-state index contributed by atoms with van der Waals surface area (Å²) < 4.78 is 0.659. The monoisotopic (exact) mass is 379 g/mol. The first-order valence-electron chi connectivity index (χ1n) is 7.82. The van der Waals surface area contributed by atoms with Crippen LogP contribution in [0.2, 0.25) is 0 Å². The number of imide groups is 1. The number of carbonyl (C=O) groups excluding carboxylic acids is 2. The van der Waals surface area contributed by atoms with Crippen molar-refractivity contribution in [2.45, 2.75) is 37.3 Å². The zero-order valence-corrected chi connectivity index (χ0v) is 16.2. The van der Waals surface area contributed by atoms with Crippen LogP contribution in [0, 0.1) is 13.8 Å². The highest BCUT2D eigenvalue weighted by Crippen LogP contribution is 2.31. The number of aryl methyl sites for hydroxylation is 1. The average Bonchev–Trinajstić information content (AvgIpc) is 2.99. The van der Waals surface area contributed by atoms with Crippen LogP contribution in [-0.2, 0) is 4.79 Å². The van der Waals surface area contributed by atoms with Gasteiger partial charge >= 0.3 is 6.03 Å². The van der Waals surface area contributed by atoms with Crippen LogP contribution in [0.1, 0.15) is 25.0 Å². The number of hydrogen-bond donors (Lipinski definition) is 3. The molecule has 1 aromatic heterocycles. The van der Waals surface area contributed by atoms with Gasteiger partial charge < -0.3 is 10.6 Å². The third-order valence-corrected chi connectivity index (χ3v) is 5.50. The van der Waals surface area contributed by atoms with E-state index < -0.39 is 11.3 Å². The molecule has 1 heterocycles. The van der Waals surface area contributed by atoms with Crippen molar-refractivity contribution in [3.8, 4) is 0 Å². The smallest absolute Gasteiger partial charge is 0.321 e. The van der Waals surface area contributed by atoms with Crippen molar-refractivity contribution in [2.24, 2.45) is 0 Å². The molecule has 3 amide bonds. The van der Waals surface area contributed by atoms with Crippen LogP contribution < -0.4 is 16.0 Å². The summed E-state index contributed by atoms with van der Waals surface area (Å²) in [5.41, 5.74) is 3.33. The molecule has 134 valence electrons. The highest BCUT2D eigenvalue weighted by atomic mass is 32.2. The van der Waals surface area contributed by atoms with E-state index in [0.29, 0.717) is 16.0 Å². The number of amides is 3. The summed E-state index contributed by atoms with van der Waals surface area (Å²) >= 11 is 2.63. The fourth-order valence-corrected chi connectivity index (χ4v) is 3.84. The molecule has 0 spiro atoms. The molecule has 0 aliphatic carbocycles. The minimum absolute atomic E-state index is 0.366. The van der Waals surface area contributed by atoms with E-state index in [1.54, 1.807) is 13.8 Å². The highest BCUT2D eigenvalue weighted by molar-refractivity contribution is 8.02. The number of benzene rings is 1. The standard InChI is InChI=1S/C16H21N5O2S2/c1-5-17-14(23)19-13(22)11(4)24-16-21-20-15(25-16)18-12-8-6-7-9(2)10(12)3/h6-8,11H,5H2,1-4H3,(H,18,20)(H2,17,19,22,23)/t11-/m1/s1. The summed E-state index contributed by atoms with van der Waals surface area (Å²) in [4.78, 5) is 23.4. The first-order valence-corrected chi connectivity index (χ1v) is 9.52. The van der Waals surface area contributed by atoms with Gasteiger partial charge in [-0.2, -0.15) is 0 Å². The zero-order chi connectivity index (χ0) is 18.4. The molecule has 1 aromatic carbocycles. The van der Waals surface area contributed by atoms with Gasteiger partial charge in [0.15, 0.2) is 4.34 Å². The maximum Gasteiger partial charge on any atom is 0.321 e. The van der Waals surface area contributed by atoms with Crippen molar-refractivity contribution in [1.29, 1.82) is 0 Å². The Morgan fingerprint density at radius 1 is 1.28 bits per heavy atom. The predicted molar refractivity (Wildman–Crippen MR) is 102 cm³/mol. The van der Waals surface area contributed by atoms with Gasteiger partial charge in [0.1, 0.15) is 0 Å². The van der Waals surface area contributed by atoms with E-state index >= 15 is 0 Å². The van der Waals surface area contributed by atoms with Crippen LogP contribution >= 0.6 is 23.1 Å². The number of anilines is 2. The Labute approximate surface area is 155 Å². The van der Waals surface area contributed by atoms with Crippen LogP contribution in [0.15, 0.2) is 22.5 Å². The lowest BCUT2D eigenvalue weighted by molar-refractivity contribution is -0.119. The summed E-state index contributed by atoms with van der Waals surface area (Å²) in [5, 5.41) is 16.5. The summed E-state index contributed by atoms with van der Waals surface area (Å²) in [5.74, 6) is -0.366. The topological polar surface area (TPSA) is 96.0 Å². The van der Waals surface area contributed by atoms with Crippen molar-refractivity contribution in [3.05, 3.63) is 29.3 Å². The molecule has 25 heavy (non-hydrogen) atoms. The van der Waals surface area contributed by atoms with E-state index in [0.717, 1.165) is 11.3 Å². The quantitative estimate of drug-likeness (QED) is 0.667. The van der Waals surface area contributed by atoms with Crippen molar-refractivity contribution in [3.63, 3.8) is 0 Å². The minimum atomic E-state index is -0.491. The maximum atomic E-state index is 12.0. The Morgan fingerprint density at radius 2 is 2.04 bits per heavy atom. The number of hydrogen-bond acceptors (Lipinski definition) is 7. The molecule has 1 atom stereocenters. The first kappa shape index (κ1) is 19.2. The largest absolute Gasteiger partial charge is 0.338 e. The zero-order valence-electron chi connectivity index (χ0n) is 14.5. The second-order valence-corrected chi connectivity index (χ2v) is 7.92. The summed E-state index contributed by atoms with van der Waals surface area (Å²) in [7, 11) is 0. The van der Waals surface area contributed by atoms with E-state index in [9.17, 15) is 9.59 Å². The van der Waals surface area contributed by atoms with Crippen LogP contribution in [-0.4, -0.2) is 33.9 Å². The van der Waals surface area contributed by atoms with E-state index in [4.69, 9.17) is 0 Å². The fourth-order valence-electron chi connectivity index (χ4n) is 1.93. The Balaban J connectivity index is 1.95. The van der Waals surface area contributed by atoms with E-state index in [2.05, 4.69) is 39.1 Å². The number of thioether (sulfide) groups is 1. The lowest BCUT2D eigenvalue weighted by Crippen LogP contribution is -2.42. The van der Waals surface area contributed by atoms with Gasteiger partial charge in [0.2, 0.25) is 11.0 Å². The molecule has 2 rings (SSSR count). The Bertz CT molecular complexity index is 763. The Hall–Kier alpha value is -2.13. The molecule has 9 heteroatoms. The average molecular weight is 380 g/mol. The van der Waals surface area contributed by atoms with Crippen molar-refractivity contribution in [1.82, 2.24) is 20.8 Å². The number of carbonyl (C=O) groups is 2. The third kappa shape index (κ3) is 5.43. The predicted octanol–water partition coefficient (Wildman–Crippen LogP) is 3.22. The molecule has 3 N–H and O–H groups in total. The van der Waals surface area contributed by atoms with Crippen LogP contribution in [0.3, 0.4) is 0 Å². The summed E-state index contributed by atoms with van der Waals surface area (Å²) in [6, 6.07) is 5.53. The number of rotatable bonds is 6. The van der Waals surface area contributed by atoms with Gasteiger partial charge in [-0.25, -0.2) is 4.79 Å². The molecule has 0 saturated heterocycles. The molecule has 2 aromatic rings. The molecule has 0 saturated carbocycles. The van der Waals surface area contributed by atoms with E-state index in [-0.39, 0.29) is 5.91 Å². The normalized spacial score (nSPS) is 11.7. The van der Waals surface area contributed by atoms with Gasteiger partial charge in [-0.15, -0.1) is 10.2 Å². The van der Waals surface area contributed by atoms with Crippen molar-refractivity contribution < 1.29 is 9.59 Å². The minimum Gasteiger partial charge on any atom is -0.338 e. The van der Waals surface area contributed by atoms with Gasteiger partial charge in [0.05, 0.1) is 5.25 Å². The third-order valence-electron chi connectivity index (χ3n) is 3.47. The number of nitrogens with one attached hydrogen (secondary N) is 3. The second kappa shape index (κ2) is 8.82. The summed E-state index contributed by atoms with van der Waals surface area (Å²) in [6.07, 6.45) is 0. The number of urea groups is 1. The Morgan fingerprint density at radius 3 is 2.76 bits per heavy atom. The second-order valence-electron chi connectivity index (χ2n) is 5.35. The maximum absolute atomic E-state index is 12.0. The molecule has 0 aliphatic rings. The van der Waals surface area contributed by atoms with Crippen molar-refractivity contribution in [2.75, 3.05) is 11.9 Å². The SMILES string of the molecule is CCNC(=O)NC(=O)[C@@H](C)Sc1nnc(Nc2cccc(C)c2C)s1. The molecule has 0 unspecified atom stereocenters. The van der Waals surface area contributed by atoms with Gasteiger partial charge in [-0.1, -0.05) is 35.2 Å². The van der Waals surface area contributed by atoms with Gasteiger partial charge in [-0.05, 0) is 44.9 Å². The molecular weight excluding hydrogens is 358 g/mol. The summed E-state index contributed by atoms with van der Waals surface area (Å²) in [6.45, 7) is 8.07. The Kier molecular flexibility index (Phi) is 6.77. The van der Waals surface area contributed by atoms with Crippen LogP contribution in [0.25, 0.3) is 0 Å².